The molecule has 0 unspecified atom stereocenters. The number of amides is 1. The van der Waals surface area contributed by atoms with E-state index in [1.807, 2.05) is 49.1 Å². The molecule has 1 heterocycles. The zero-order valence-corrected chi connectivity index (χ0v) is 11.7. The largest absolute Gasteiger partial charge is 0.444 e. The molecule has 0 fully saturated rings. The minimum atomic E-state index is -0.472. The molecule has 1 aromatic rings. The monoisotopic (exact) mass is 269 g/mol. The van der Waals surface area contributed by atoms with Gasteiger partial charge in [0.25, 0.3) is 0 Å². The molecule has 6 heteroatoms. The molecule has 1 amide bonds. The Hall–Kier alpha value is -1.56. The van der Waals surface area contributed by atoms with Crippen molar-refractivity contribution in [2.24, 2.45) is 0 Å². The highest BCUT2D eigenvalue weighted by atomic mass is 32.1. The van der Waals surface area contributed by atoms with Gasteiger partial charge in [0, 0.05) is 24.7 Å². The summed E-state index contributed by atoms with van der Waals surface area (Å²) < 4.78 is 6.91. The molecular formula is C12H19N3O2S. The third kappa shape index (κ3) is 5.67. The summed E-state index contributed by atoms with van der Waals surface area (Å²) in [5.41, 5.74) is -0.472. The van der Waals surface area contributed by atoms with Crippen LogP contribution in [0.15, 0.2) is 23.7 Å². The maximum absolute atomic E-state index is 11.3. The van der Waals surface area contributed by atoms with Crippen LogP contribution in [0.25, 0.3) is 0 Å². The van der Waals surface area contributed by atoms with Crippen LogP contribution >= 0.6 is 11.3 Å². The molecule has 0 radical (unpaired) electrons. The number of carbonyl (C=O) groups is 1. The lowest BCUT2D eigenvalue weighted by Gasteiger charge is -2.19. The molecule has 1 aromatic heterocycles. The minimum absolute atomic E-state index is 0.420. The first-order valence-electron chi connectivity index (χ1n) is 5.69. The number of carbonyl (C=O) groups excluding carboxylic acids is 1. The van der Waals surface area contributed by atoms with Crippen LogP contribution in [0, 0.1) is 5.41 Å². The molecule has 0 aliphatic rings. The summed E-state index contributed by atoms with van der Waals surface area (Å²) in [6, 6.07) is 0. The zero-order chi connectivity index (χ0) is 13.6. The van der Waals surface area contributed by atoms with Gasteiger partial charge < -0.3 is 14.6 Å². The predicted molar refractivity (Wildman–Crippen MR) is 71.5 cm³/mol. The lowest BCUT2D eigenvalue weighted by molar-refractivity contribution is 0.0534. The number of hydrogen-bond acceptors (Lipinski definition) is 4. The van der Waals surface area contributed by atoms with Gasteiger partial charge in [0.05, 0.1) is 0 Å². The Balaban J connectivity index is 2.24. The van der Waals surface area contributed by atoms with E-state index >= 15 is 0 Å². The number of aromatic nitrogens is 1. The maximum atomic E-state index is 11.3. The summed E-state index contributed by atoms with van der Waals surface area (Å²) in [7, 11) is 0. The summed E-state index contributed by atoms with van der Waals surface area (Å²) in [5, 5.41) is 12.1. The Morgan fingerprint density at radius 3 is 2.83 bits per heavy atom. The molecular weight excluding hydrogens is 250 g/mol. The van der Waals surface area contributed by atoms with E-state index in [4.69, 9.17) is 10.1 Å². The predicted octanol–water partition coefficient (Wildman–Crippen LogP) is 2.11. The van der Waals surface area contributed by atoms with Gasteiger partial charge in [-0.25, -0.2) is 4.79 Å². The lowest BCUT2D eigenvalue weighted by atomic mass is 10.2. The van der Waals surface area contributed by atoms with Gasteiger partial charge in [-0.15, -0.1) is 11.3 Å². The molecule has 0 saturated heterocycles. The van der Waals surface area contributed by atoms with Crippen molar-refractivity contribution in [3.63, 3.8) is 0 Å². The van der Waals surface area contributed by atoms with Crippen molar-refractivity contribution in [3.05, 3.63) is 28.5 Å². The van der Waals surface area contributed by atoms with Crippen LogP contribution in [0.2, 0.25) is 0 Å². The first kappa shape index (κ1) is 14.5. The standard InChI is InChI=1S/C12H19N3O2S/c1-12(2,3)17-11(16)14-6-4-5-7-15-8-9-18-10(15)13/h4-5,8-9,13H,6-7H2,1-3H3,(H,14,16)/b5-4+,13-10?. The van der Waals surface area contributed by atoms with E-state index in [9.17, 15) is 4.79 Å². The van der Waals surface area contributed by atoms with Crippen LogP contribution in [0.3, 0.4) is 0 Å². The second kappa shape index (κ2) is 6.39. The second-order valence-electron chi connectivity index (χ2n) is 4.71. The van der Waals surface area contributed by atoms with E-state index in [1.54, 1.807) is 0 Å². The molecule has 5 nitrogen and oxygen atoms in total. The molecule has 2 N–H and O–H groups in total. The molecule has 0 aliphatic carbocycles. The van der Waals surface area contributed by atoms with Gasteiger partial charge in [0.2, 0.25) is 0 Å². The van der Waals surface area contributed by atoms with Crippen LogP contribution in [-0.2, 0) is 11.3 Å². The third-order valence-electron chi connectivity index (χ3n) is 1.91. The Morgan fingerprint density at radius 2 is 2.28 bits per heavy atom. The fourth-order valence-corrected chi connectivity index (χ4v) is 1.78. The quantitative estimate of drug-likeness (QED) is 0.822. The molecule has 0 spiro atoms. The van der Waals surface area contributed by atoms with Gasteiger partial charge in [-0.05, 0) is 20.8 Å². The summed E-state index contributed by atoms with van der Waals surface area (Å²) in [5.74, 6) is 0. The van der Waals surface area contributed by atoms with Gasteiger partial charge in [-0.1, -0.05) is 12.2 Å². The maximum Gasteiger partial charge on any atom is 0.407 e. The number of hydrogen-bond donors (Lipinski definition) is 2. The lowest BCUT2D eigenvalue weighted by Crippen LogP contribution is -2.32. The number of ether oxygens (including phenoxy) is 1. The average Bonchev–Trinajstić information content (AvgIpc) is 2.61. The number of nitrogens with one attached hydrogen (secondary N) is 2. The third-order valence-corrected chi connectivity index (χ3v) is 2.63. The summed E-state index contributed by atoms with van der Waals surface area (Å²) >= 11 is 1.39. The normalized spacial score (nSPS) is 11.7. The Bertz CT molecular complexity index is 468. The minimum Gasteiger partial charge on any atom is -0.444 e. The van der Waals surface area contributed by atoms with Crippen LogP contribution in [0.1, 0.15) is 20.8 Å². The molecule has 0 atom stereocenters. The van der Waals surface area contributed by atoms with Crippen LogP contribution in [0.5, 0.6) is 0 Å². The van der Waals surface area contributed by atoms with E-state index in [-0.39, 0.29) is 0 Å². The van der Waals surface area contributed by atoms with E-state index in [2.05, 4.69) is 5.32 Å². The average molecular weight is 269 g/mol. The molecule has 18 heavy (non-hydrogen) atoms. The zero-order valence-electron chi connectivity index (χ0n) is 10.9. The van der Waals surface area contributed by atoms with Crippen LogP contribution in [-0.4, -0.2) is 22.8 Å². The Labute approximate surface area is 111 Å². The van der Waals surface area contributed by atoms with Gasteiger partial charge >= 0.3 is 6.09 Å². The van der Waals surface area contributed by atoms with E-state index in [0.717, 1.165) is 0 Å². The van der Waals surface area contributed by atoms with Crippen molar-refractivity contribution in [1.29, 1.82) is 5.41 Å². The Morgan fingerprint density at radius 1 is 1.56 bits per heavy atom. The number of nitrogens with zero attached hydrogens (tertiary/aromatic N) is 1. The highest BCUT2D eigenvalue weighted by Gasteiger charge is 2.14. The smallest absolute Gasteiger partial charge is 0.407 e. The van der Waals surface area contributed by atoms with Crippen molar-refractivity contribution in [2.75, 3.05) is 6.54 Å². The molecule has 0 aliphatic heterocycles. The molecule has 1 rings (SSSR count). The summed E-state index contributed by atoms with van der Waals surface area (Å²) in [4.78, 5) is 11.8. The number of allylic oxidation sites excluding steroid dienone is 1. The summed E-state index contributed by atoms with van der Waals surface area (Å²) in [6.45, 7) is 6.54. The highest BCUT2D eigenvalue weighted by Crippen LogP contribution is 2.06. The Kier molecular flexibility index (Phi) is 5.15. The fourth-order valence-electron chi connectivity index (χ4n) is 1.18. The van der Waals surface area contributed by atoms with Crippen molar-refractivity contribution >= 4 is 17.4 Å². The van der Waals surface area contributed by atoms with Gasteiger partial charge in [-0.2, -0.15) is 0 Å². The van der Waals surface area contributed by atoms with Crippen molar-refractivity contribution in [2.45, 2.75) is 32.9 Å². The van der Waals surface area contributed by atoms with Gasteiger partial charge in [0.1, 0.15) is 5.60 Å². The second-order valence-corrected chi connectivity index (χ2v) is 5.61. The molecule has 0 bridgehead atoms. The SMILES string of the molecule is CC(C)(C)OC(=O)NC/C=C/Cn1ccsc1=N. The first-order chi connectivity index (χ1) is 8.38. The van der Waals surface area contributed by atoms with E-state index in [0.29, 0.717) is 17.9 Å². The molecule has 0 saturated carbocycles. The molecule has 100 valence electrons. The number of thiazole rings is 1. The van der Waals surface area contributed by atoms with E-state index in [1.165, 1.54) is 11.3 Å². The van der Waals surface area contributed by atoms with Gasteiger partial charge in [0.15, 0.2) is 4.80 Å². The first-order valence-corrected chi connectivity index (χ1v) is 6.57. The van der Waals surface area contributed by atoms with E-state index < -0.39 is 11.7 Å². The van der Waals surface area contributed by atoms with Crippen molar-refractivity contribution < 1.29 is 9.53 Å². The van der Waals surface area contributed by atoms with Gasteiger partial charge in [-0.3, -0.25) is 5.41 Å². The van der Waals surface area contributed by atoms with Crippen molar-refractivity contribution in [3.8, 4) is 0 Å². The van der Waals surface area contributed by atoms with Crippen LogP contribution < -0.4 is 10.1 Å². The highest BCUT2D eigenvalue weighted by molar-refractivity contribution is 7.06. The number of alkyl carbamates (subject to hydrolysis) is 1. The number of rotatable bonds is 4. The summed E-state index contributed by atoms with van der Waals surface area (Å²) in [6.07, 6.45) is 5.19. The molecule has 0 aromatic carbocycles. The topological polar surface area (TPSA) is 67.1 Å². The van der Waals surface area contributed by atoms with Crippen molar-refractivity contribution in [1.82, 2.24) is 9.88 Å². The fraction of sp³-hybridized carbons (Fsp3) is 0.500. The van der Waals surface area contributed by atoms with Crippen LogP contribution in [0.4, 0.5) is 4.79 Å².